The van der Waals surface area contributed by atoms with Crippen LogP contribution in [-0.2, 0) is 4.74 Å². The summed E-state index contributed by atoms with van der Waals surface area (Å²) in [5, 5.41) is 0. The lowest BCUT2D eigenvalue weighted by molar-refractivity contribution is 0.187. The molecule has 1 unspecified atom stereocenters. The standard InChI is InChI=1S/C9H20N2O/c1-12-6-2-3-9(11-10)7-8-4-5-8/h8-9,11H,2-7,10H2,1H3. The maximum atomic E-state index is 5.44. The number of hydrogen-bond donors (Lipinski definition) is 2. The van der Waals surface area contributed by atoms with Crippen molar-refractivity contribution in [2.75, 3.05) is 13.7 Å². The predicted octanol–water partition coefficient (Wildman–Crippen LogP) is 1.04. The van der Waals surface area contributed by atoms with Crippen molar-refractivity contribution in [3.05, 3.63) is 0 Å². The summed E-state index contributed by atoms with van der Waals surface area (Å²) >= 11 is 0. The van der Waals surface area contributed by atoms with E-state index in [1.807, 2.05) is 0 Å². The van der Waals surface area contributed by atoms with E-state index in [2.05, 4.69) is 5.43 Å². The average Bonchev–Trinajstić information content (AvgIpc) is 2.87. The van der Waals surface area contributed by atoms with Crippen LogP contribution in [0.1, 0.15) is 32.1 Å². The molecule has 72 valence electrons. The molecule has 3 nitrogen and oxygen atoms in total. The lowest BCUT2D eigenvalue weighted by Gasteiger charge is -2.14. The average molecular weight is 172 g/mol. The third-order valence-electron chi connectivity index (χ3n) is 2.45. The van der Waals surface area contributed by atoms with Crippen LogP contribution in [0.15, 0.2) is 0 Å². The van der Waals surface area contributed by atoms with Gasteiger partial charge in [-0.15, -0.1) is 0 Å². The molecule has 0 spiro atoms. The number of ether oxygens (including phenoxy) is 1. The van der Waals surface area contributed by atoms with E-state index in [0.29, 0.717) is 6.04 Å². The van der Waals surface area contributed by atoms with Crippen LogP contribution >= 0.6 is 0 Å². The Morgan fingerprint density at radius 3 is 2.83 bits per heavy atom. The van der Waals surface area contributed by atoms with Crippen LogP contribution in [0, 0.1) is 5.92 Å². The van der Waals surface area contributed by atoms with E-state index in [1.54, 1.807) is 7.11 Å². The molecule has 1 aliphatic rings. The van der Waals surface area contributed by atoms with Gasteiger partial charge in [-0.3, -0.25) is 11.3 Å². The van der Waals surface area contributed by atoms with Gasteiger partial charge < -0.3 is 4.74 Å². The fraction of sp³-hybridized carbons (Fsp3) is 1.00. The molecule has 1 rings (SSSR count). The molecule has 3 N–H and O–H groups in total. The SMILES string of the molecule is COCCCC(CC1CC1)NN. The van der Waals surface area contributed by atoms with E-state index in [4.69, 9.17) is 10.6 Å². The van der Waals surface area contributed by atoms with E-state index in [9.17, 15) is 0 Å². The molecule has 0 aliphatic heterocycles. The van der Waals surface area contributed by atoms with Gasteiger partial charge >= 0.3 is 0 Å². The Balaban J connectivity index is 1.98. The highest BCUT2D eigenvalue weighted by Gasteiger charge is 2.24. The fourth-order valence-electron chi connectivity index (χ4n) is 1.50. The second-order valence-corrected chi connectivity index (χ2v) is 3.68. The third-order valence-corrected chi connectivity index (χ3v) is 2.45. The topological polar surface area (TPSA) is 47.3 Å². The van der Waals surface area contributed by atoms with Crippen molar-refractivity contribution in [3.63, 3.8) is 0 Å². The Kier molecular flexibility index (Phi) is 4.58. The first-order valence-electron chi connectivity index (χ1n) is 4.82. The molecular formula is C9H20N2O. The van der Waals surface area contributed by atoms with Gasteiger partial charge in [0, 0.05) is 19.8 Å². The minimum absolute atomic E-state index is 0.507. The number of hydrogen-bond acceptors (Lipinski definition) is 3. The van der Waals surface area contributed by atoms with Crippen molar-refractivity contribution in [2.45, 2.75) is 38.1 Å². The molecule has 0 bridgehead atoms. The van der Waals surface area contributed by atoms with E-state index < -0.39 is 0 Å². The van der Waals surface area contributed by atoms with Crippen molar-refractivity contribution in [3.8, 4) is 0 Å². The lowest BCUT2D eigenvalue weighted by Crippen LogP contribution is -2.35. The summed E-state index contributed by atoms with van der Waals surface area (Å²) in [5.41, 5.74) is 2.88. The number of nitrogens with one attached hydrogen (secondary N) is 1. The van der Waals surface area contributed by atoms with Crippen molar-refractivity contribution >= 4 is 0 Å². The lowest BCUT2D eigenvalue weighted by atomic mass is 10.1. The first kappa shape index (κ1) is 9.96. The molecule has 0 heterocycles. The molecular weight excluding hydrogens is 152 g/mol. The molecule has 1 fully saturated rings. The van der Waals surface area contributed by atoms with Crippen molar-refractivity contribution in [2.24, 2.45) is 11.8 Å². The second-order valence-electron chi connectivity index (χ2n) is 3.68. The van der Waals surface area contributed by atoms with Crippen LogP contribution in [0.25, 0.3) is 0 Å². The smallest absolute Gasteiger partial charge is 0.0462 e. The quantitative estimate of drug-likeness (QED) is 0.343. The van der Waals surface area contributed by atoms with Gasteiger partial charge in [0.25, 0.3) is 0 Å². The Hall–Kier alpha value is -0.120. The van der Waals surface area contributed by atoms with E-state index in [1.165, 1.54) is 19.3 Å². The number of methoxy groups -OCH3 is 1. The predicted molar refractivity (Wildman–Crippen MR) is 49.6 cm³/mol. The summed E-state index contributed by atoms with van der Waals surface area (Å²) in [6.45, 7) is 0.850. The molecule has 0 radical (unpaired) electrons. The maximum Gasteiger partial charge on any atom is 0.0462 e. The van der Waals surface area contributed by atoms with E-state index >= 15 is 0 Å². The van der Waals surface area contributed by atoms with Crippen LogP contribution < -0.4 is 11.3 Å². The van der Waals surface area contributed by atoms with Gasteiger partial charge in [-0.2, -0.15) is 0 Å². The van der Waals surface area contributed by atoms with E-state index in [-0.39, 0.29) is 0 Å². The van der Waals surface area contributed by atoms with Crippen molar-refractivity contribution < 1.29 is 4.74 Å². The molecule has 1 saturated carbocycles. The molecule has 0 saturated heterocycles. The maximum absolute atomic E-state index is 5.44. The minimum Gasteiger partial charge on any atom is -0.385 e. The number of hydrazine groups is 1. The van der Waals surface area contributed by atoms with Crippen LogP contribution in [0.4, 0.5) is 0 Å². The molecule has 1 aliphatic carbocycles. The first-order chi connectivity index (χ1) is 5.86. The Labute approximate surface area is 74.6 Å². The number of rotatable bonds is 7. The van der Waals surface area contributed by atoms with E-state index in [0.717, 1.165) is 25.4 Å². The van der Waals surface area contributed by atoms with Crippen molar-refractivity contribution in [1.82, 2.24) is 5.43 Å². The summed E-state index contributed by atoms with van der Waals surface area (Å²) < 4.78 is 4.99. The Morgan fingerprint density at radius 2 is 2.33 bits per heavy atom. The van der Waals surface area contributed by atoms with Gasteiger partial charge in [0.1, 0.15) is 0 Å². The van der Waals surface area contributed by atoms with Gasteiger partial charge in [-0.05, 0) is 25.2 Å². The molecule has 3 heteroatoms. The second kappa shape index (κ2) is 5.51. The normalized spacial score (nSPS) is 19.5. The zero-order chi connectivity index (χ0) is 8.81. The highest BCUT2D eigenvalue weighted by atomic mass is 16.5. The fourth-order valence-corrected chi connectivity index (χ4v) is 1.50. The summed E-state index contributed by atoms with van der Waals surface area (Å²) in [7, 11) is 1.74. The monoisotopic (exact) mass is 172 g/mol. The van der Waals surface area contributed by atoms with Gasteiger partial charge in [0.15, 0.2) is 0 Å². The van der Waals surface area contributed by atoms with Crippen LogP contribution in [0.2, 0.25) is 0 Å². The number of nitrogens with two attached hydrogens (primary N) is 1. The molecule has 0 aromatic rings. The van der Waals surface area contributed by atoms with Gasteiger partial charge in [-0.25, -0.2) is 0 Å². The zero-order valence-electron chi connectivity index (χ0n) is 7.88. The highest BCUT2D eigenvalue weighted by molar-refractivity contribution is 4.78. The Bertz CT molecular complexity index is 115. The van der Waals surface area contributed by atoms with Gasteiger partial charge in [-0.1, -0.05) is 12.8 Å². The summed E-state index contributed by atoms with van der Waals surface area (Å²) in [6.07, 6.45) is 6.31. The van der Waals surface area contributed by atoms with Crippen LogP contribution in [0.5, 0.6) is 0 Å². The molecule has 12 heavy (non-hydrogen) atoms. The van der Waals surface area contributed by atoms with Crippen LogP contribution in [0.3, 0.4) is 0 Å². The summed E-state index contributed by atoms with van der Waals surface area (Å²) in [6, 6.07) is 0.507. The first-order valence-corrected chi connectivity index (χ1v) is 4.82. The molecule has 0 aromatic heterocycles. The zero-order valence-corrected chi connectivity index (χ0v) is 7.88. The minimum atomic E-state index is 0.507. The van der Waals surface area contributed by atoms with Gasteiger partial charge in [0.05, 0.1) is 0 Å². The summed E-state index contributed by atoms with van der Waals surface area (Å²) in [5.74, 6) is 6.39. The largest absolute Gasteiger partial charge is 0.385 e. The summed E-state index contributed by atoms with van der Waals surface area (Å²) in [4.78, 5) is 0. The van der Waals surface area contributed by atoms with Crippen LogP contribution in [-0.4, -0.2) is 19.8 Å². The van der Waals surface area contributed by atoms with Gasteiger partial charge in [0.2, 0.25) is 0 Å². The Morgan fingerprint density at radius 1 is 1.58 bits per heavy atom. The highest BCUT2D eigenvalue weighted by Crippen LogP contribution is 2.34. The molecule has 0 amide bonds. The third kappa shape index (κ3) is 4.04. The molecule has 0 aromatic carbocycles. The van der Waals surface area contributed by atoms with Crippen molar-refractivity contribution in [1.29, 1.82) is 0 Å². The molecule has 1 atom stereocenters.